The lowest BCUT2D eigenvalue weighted by Gasteiger charge is -2.08. The lowest BCUT2D eigenvalue weighted by molar-refractivity contribution is 0.0953. The van der Waals surface area contributed by atoms with Crippen LogP contribution < -0.4 is 10.6 Å². The molecule has 1 rings (SSSR count). The predicted molar refractivity (Wildman–Crippen MR) is 83.1 cm³/mol. The average molecular weight is 281 g/mol. The van der Waals surface area contributed by atoms with Crippen molar-refractivity contribution in [3.63, 3.8) is 0 Å². The Balaban J connectivity index is 2.55. The third-order valence-corrected chi connectivity index (χ3v) is 3.52. The van der Waals surface area contributed by atoms with Gasteiger partial charge in [-0.3, -0.25) is 4.79 Å². The summed E-state index contributed by atoms with van der Waals surface area (Å²) in [5.74, 6) is 1.87. The molecular weight excluding hydrogens is 258 g/mol. The zero-order chi connectivity index (χ0) is 14.1. The van der Waals surface area contributed by atoms with Crippen molar-refractivity contribution in [1.82, 2.24) is 10.3 Å². The maximum Gasteiger partial charge on any atom is 0.251 e. The summed E-state index contributed by atoms with van der Waals surface area (Å²) >= 11 is 1.84. The van der Waals surface area contributed by atoms with Crippen molar-refractivity contribution in [3.05, 3.63) is 23.4 Å². The van der Waals surface area contributed by atoms with Crippen LogP contribution in [0.4, 0.5) is 5.82 Å². The molecule has 0 saturated carbocycles. The quantitative estimate of drug-likeness (QED) is 0.719. The first-order valence-electron chi connectivity index (χ1n) is 6.67. The third kappa shape index (κ3) is 5.51. The Morgan fingerprint density at radius 2 is 2.16 bits per heavy atom. The van der Waals surface area contributed by atoms with Crippen LogP contribution >= 0.6 is 11.8 Å². The number of hydrogen-bond acceptors (Lipinski definition) is 4. The van der Waals surface area contributed by atoms with E-state index in [2.05, 4.69) is 21.9 Å². The number of nitrogens with one attached hydrogen (secondary N) is 2. The molecule has 1 heterocycles. The Labute approximate surface area is 119 Å². The van der Waals surface area contributed by atoms with E-state index in [4.69, 9.17) is 0 Å². The second-order valence-corrected chi connectivity index (χ2v) is 5.28. The molecule has 0 saturated heterocycles. The van der Waals surface area contributed by atoms with Gasteiger partial charge < -0.3 is 10.6 Å². The van der Waals surface area contributed by atoms with Gasteiger partial charge in [0.2, 0.25) is 0 Å². The van der Waals surface area contributed by atoms with Crippen LogP contribution in [0.5, 0.6) is 0 Å². The normalized spacial score (nSPS) is 10.3. The van der Waals surface area contributed by atoms with Gasteiger partial charge in [-0.25, -0.2) is 4.98 Å². The maximum absolute atomic E-state index is 12.0. The van der Waals surface area contributed by atoms with Gasteiger partial charge in [0, 0.05) is 24.8 Å². The first kappa shape index (κ1) is 15.8. The molecule has 5 heteroatoms. The molecule has 19 heavy (non-hydrogen) atoms. The van der Waals surface area contributed by atoms with Gasteiger partial charge in [0.15, 0.2) is 0 Å². The van der Waals surface area contributed by atoms with Crippen LogP contribution in [0, 0.1) is 0 Å². The Morgan fingerprint density at radius 1 is 1.37 bits per heavy atom. The highest BCUT2D eigenvalue weighted by Gasteiger charge is 2.08. The molecule has 1 amide bonds. The van der Waals surface area contributed by atoms with Gasteiger partial charge in [-0.2, -0.15) is 11.8 Å². The number of amides is 1. The molecule has 4 nitrogen and oxygen atoms in total. The Kier molecular flexibility index (Phi) is 7.33. The number of carbonyl (C=O) groups is 1. The van der Waals surface area contributed by atoms with Gasteiger partial charge in [0.1, 0.15) is 5.82 Å². The topological polar surface area (TPSA) is 54.0 Å². The molecule has 0 aliphatic carbocycles. The zero-order valence-corrected chi connectivity index (χ0v) is 12.8. The molecule has 0 spiro atoms. The molecule has 0 aliphatic heterocycles. The number of carbonyl (C=O) groups excluding carboxylic acids is 1. The summed E-state index contributed by atoms with van der Waals surface area (Å²) < 4.78 is 0. The van der Waals surface area contributed by atoms with E-state index in [1.165, 1.54) is 0 Å². The second kappa shape index (κ2) is 8.80. The maximum atomic E-state index is 12.0. The van der Waals surface area contributed by atoms with Crippen molar-refractivity contribution in [1.29, 1.82) is 0 Å². The zero-order valence-electron chi connectivity index (χ0n) is 12.0. The lowest BCUT2D eigenvalue weighted by Crippen LogP contribution is -2.25. The van der Waals surface area contributed by atoms with E-state index in [0.29, 0.717) is 5.56 Å². The summed E-state index contributed by atoms with van der Waals surface area (Å²) in [6.45, 7) is 2.77. The van der Waals surface area contributed by atoms with E-state index >= 15 is 0 Å². The molecule has 0 unspecified atom stereocenters. The van der Waals surface area contributed by atoms with Gasteiger partial charge in [0.05, 0.1) is 0 Å². The van der Waals surface area contributed by atoms with Gasteiger partial charge in [0.25, 0.3) is 5.91 Å². The van der Waals surface area contributed by atoms with Crippen LogP contribution in [-0.4, -0.2) is 36.5 Å². The number of aryl methyl sites for hydroxylation is 1. The largest absolute Gasteiger partial charge is 0.373 e. The highest BCUT2D eigenvalue weighted by molar-refractivity contribution is 7.98. The number of aromatic nitrogens is 1. The number of hydrogen-bond donors (Lipinski definition) is 2. The molecule has 2 N–H and O–H groups in total. The van der Waals surface area contributed by atoms with E-state index in [1.54, 1.807) is 6.07 Å². The number of nitrogens with zero attached hydrogens (tertiary/aromatic N) is 1. The molecule has 106 valence electrons. The number of rotatable bonds is 8. The van der Waals surface area contributed by atoms with Crippen molar-refractivity contribution in [2.75, 3.05) is 30.9 Å². The van der Waals surface area contributed by atoms with E-state index in [0.717, 1.165) is 43.1 Å². The minimum absolute atomic E-state index is 0.0160. The predicted octanol–water partition coefficient (Wildman–Crippen LogP) is 2.56. The molecule has 1 aromatic heterocycles. The SMILES string of the molecule is CCc1cc(C(=O)NCCCCSC)cc(NC)n1. The van der Waals surface area contributed by atoms with Crippen molar-refractivity contribution >= 4 is 23.5 Å². The summed E-state index contributed by atoms with van der Waals surface area (Å²) in [5, 5.41) is 5.94. The van der Waals surface area contributed by atoms with Gasteiger partial charge in [-0.05, 0) is 43.4 Å². The van der Waals surface area contributed by atoms with Crippen LogP contribution in [0.2, 0.25) is 0 Å². The molecule has 0 atom stereocenters. The summed E-state index contributed by atoms with van der Waals surface area (Å²) in [5.41, 5.74) is 1.61. The van der Waals surface area contributed by atoms with Gasteiger partial charge in [-0.15, -0.1) is 0 Å². The Bertz CT molecular complexity index is 387. The van der Waals surface area contributed by atoms with Crippen LogP contribution in [-0.2, 0) is 6.42 Å². The summed E-state index contributed by atoms with van der Waals surface area (Å²) in [6, 6.07) is 3.65. The fourth-order valence-electron chi connectivity index (χ4n) is 1.70. The summed E-state index contributed by atoms with van der Waals surface area (Å²) in [6.07, 6.45) is 5.08. The molecule has 0 aromatic carbocycles. The van der Waals surface area contributed by atoms with Crippen molar-refractivity contribution < 1.29 is 4.79 Å². The van der Waals surface area contributed by atoms with Crippen LogP contribution in [0.15, 0.2) is 12.1 Å². The Morgan fingerprint density at radius 3 is 2.79 bits per heavy atom. The minimum atomic E-state index is -0.0160. The van der Waals surface area contributed by atoms with E-state index in [1.807, 2.05) is 31.8 Å². The summed E-state index contributed by atoms with van der Waals surface area (Å²) in [4.78, 5) is 16.4. The highest BCUT2D eigenvalue weighted by Crippen LogP contribution is 2.11. The highest BCUT2D eigenvalue weighted by atomic mass is 32.2. The van der Waals surface area contributed by atoms with Crippen LogP contribution in [0.3, 0.4) is 0 Å². The number of unbranched alkanes of at least 4 members (excludes halogenated alkanes) is 1. The molecular formula is C14H23N3OS. The van der Waals surface area contributed by atoms with Crippen molar-refractivity contribution in [2.24, 2.45) is 0 Å². The fraction of sp³-hybridized carbons (Fsp3) is 0.571. The molecule has 1 aromatic rings. The molecule has 0 bridgehead atoms. The monoisotopic (exact) mass is 281 g/mol. The molecule has 0 aliphatic rings. The standard InChI is InChI=1S/C14H23N3OS/c1-4-12-9-11(10-13(15-2)17-12)14(18)16-7-5-6-8-19-3/h9-10H,4-8H2,1-3H3,(H,15,17)(H,16,18). The number of thioether (sulfide) groups is 1. The van der Waals surface area contributed by atoms with Gasteiger partial charge in [-0.1, -0.05) is 6.92 Å². The second-order valence-electron chi connectivity index (χ2n) is 4.29. The number of anilines is 1. The minimum Gasteiger partial charge on any atom is -0.373 e. The van der Waals surface area contributed by atoms with E-state index < -0.39 is 0 Å². The van der Waals surface area contributed by atoms with E-state index in [9.17, 15) is 4.79 Å². The van der Waals surface area contributed by atoms with Crippen molar-refractivity contribution in [2.45, 2.75) is 26.2 Å². The fourth-order valence-corrected chi connectivity index (χ4v) is 2.20. The van der Waals surface area contributed by atoms with Gasteiger partial charge >= 0.3 is 0 Å². The van der Waals surface area contributed by atoms with Crippen LogP contribution in [0.1, 0.15) is 35.8 Å². The lowest BCUT2D eigenvalue weighted by atomic mass is 10.1. The van der Waals surface area contributed by atoms with Crippen LogP contribution in [0.25, 0.3) is 0 Å². The molecule has 0 fully saturated rings. The van der Waals surface area contributed by atoms with E-state index in [-0.39, 0.29) is 5.91 Å². The average Bonchev–Trinajstić information content (AvgIpc) is 2.46. The summed E-state index contributed by atoms with van der Waals surface area (Å²) in [7, 11) is 1.81. The third-order valence-electron chi connectivity index (χ3n) is 2.82. The Hall–Kier alpha value is -1.23. The number of pyridine rings is 1. The first-order valence-corrected chi connectivity index (χ1v) is 8.06. The molecule has 0 radical (unpaired) electrons. The smallest absolute Gasteiger partial charge is 0.251 e. The van der Waals surface area contributed by atoms with Crippen molar-refractivity contribution in [3.8, 4) is 0 Å². The first-order chi connectivity index (χ1) is 9.21.